The number of carbonyl (C=O) groups excluding carboxylic acids is 2. The van der Waals surface area contributed by atoms with Crippen LogP contribution in [0, 0.1) is 0 Å². The van der Waals surface area contributed by atoms with Crippen molar-refractivity contribution in [3.05, 3.63) is 35.4 Å². The Kier molecular flexibility index (Phi) is 3.01. The minimum atomic E-state index is -0.792. The number of nitrogens with two attached hydrogens (primary N) is 2. The third-order valence-electron chi connectivity index (χ3n) is 4.51. The second-order valence-electron chi connectivity index (χ2n) is 5.83. The van der Waals surface area contributed by atoms with E-state index in [1.807, 2.05) is 24.3 Å². The molecule has 0 aromatic heterocycles. The van der Waals surface area contributed by atoms with E-state index in [0.717, 1.165) is 17.5 Å². The predicted octanol–water partition coefficient (Wildman–Crippen LogP) is 0.307. The van der Waals surface area contributed by atoms with Gasteiger partial charge in [0.2, 0.25) is 11.8 Å². The predicted molar refractivity (Wildman–Crippen MR) is 74.4 cm³/mol. The van der Waals surface area contributed by atoms with Gasteiger partial charge >= 0.3 is 0 Å². The van der Waals surface area contributed by atoms with Gasteiger partial charge in [0.05, 0.1) is 5.54 Å². The lowest BCUT2D eigenvalue weighted by Crippen LogP contribution is -2.63. The monoisotopic (exact) mass is 273 g/mol. The van der Waals surface area contributed by atoms with Gasteiger partial charge in [-0.3, -0.25) is 9.59 Å². The summed E-state index contributed by atoms with van der Waals surface area (Å²) in [5.74, 6) is -0.599. The standard InChI is InChI=1S/C15H19N3O2/c16-13(19)12-8-10-4-1-2-5-11(10)9-18(12)14(20)15(17)6-3-7-15/h1-2,4-5,12H,3,6-9,17H2,(H2,16,19)/t12-/m0/s1. The molecule has 1 fully saturated rings. The molecular weight excluding hydrogens is 254 g/mol. The largest absolute Gasteiger partial charge is 0.368 e. The highest BCUT2D eigenvalue weighted by molar-refractivity contribution is 5.92. The summed E-state index contributed by atoms with van der Waals surface area (Å²) in [6.07, 6.45) is 2.83. The van der Waals surface area contributed by atoms with E-state index in [1.165, 1.54) is 0 Å². The zero-order valence-corrected chi connectivity index (χ0v) is 11.3. The first-order valence-electron chi connectivity index (χ1n) is 6.97. The van der Waals surface area contributed by atoms with Crippen molar-refractivity contribution in [1.29, 1.82) is 0 Å². The molecule has 0 unspecified atom stereocenters. The Bertz CT molecular complexity index is 566. The highest BCUT2D eigenvalue weighted by Crippen LogP contribution is 2.34. The van der Waals surface area contributed by atoms with E-state index in [-0.39, 0.29) is 5.91 Å². The zero-order valence-electron chi connectivity index (χ0n) is 11.3. The molecule has 1 aromatic carbocycles. The second-order valence-corrected chi connectivity index (χ2v) is 5.83. The number of benzene rings is 1. The van der Waals surface area contributed by atoms with Gasteiger partial charge in [0, 0.05) is 13.0 Å². The summed E-state index contributed by atoms with van der Waals surface area (Å²) in [7, 11) is 0. The Morgan fingerprint density at radius 2 is 1.85 bits per heavy atom. The van der Waals surface area contributed by atoms with Gasteiger partial charge in [0.1, 0.15) is 6.04 Å². The molecule has 3 rings (SSSR count). The van der Waals surface area contributed by atoms with Crippen LogP contribution in [0.2, 0.25) is 0 Å². The van der Waals surface area contributed by atoms with Crippen molar-refractivity contribution in [2.75, 3.05) is 0 Å². The molecule has 20 heavy (non-hydrogen) atoms. The van der Waals surface area contributed by atoms with Crippen molar-refractivity contribution in [3.63, 3.8) is 0 Å². The summed E-state index contributed by atoms with van der Waals surface area (Å²) in [5.41, 5.74) is 13.0. The van der Waals surface area contributed by atoms with Gasteiger partial charge in [-0.2, -0.15) is 0 Å². The molecule has 0 radical (unpaired) electrons. The fourth-order valence-corrected chi connectivity index (χ4v) is 3.05. The van der Waals surface area contributed by atoms with Gasteiger partial charge in [-0.25, -0.2) is 0 Å². The van der Waals surface area contributed by atoms with Crippen LogP contribution in [0.3, 0.4) is 0 Å². The quantitative estimate of drug-likeness (QED) is 0.812. The molecule has 0 spiro atoms. The highest BCUT2D eigenvalue weighted by Gasteiger charge is 2.46. The van der Waals surface area contributed by atoms with Gasteiger partial charge in [0.15, 0.2) is 0 Å². The average Bonchev–Trinajstić information content (AvgIpc) is 2.42. The van der Waals surface area contributed by atoms with E-state index in [1.54, 1.807) is 4.90 Å². The van der Waals surface area contributed by atoms with Crippen LogP contribution in [0.15, 0.2) is 24.3 Å². The van der Waals surface area contributed by atoms with Gasteiger partial charge < -0.3 is 16.4 Å². The third-order valence-corrected chi connectivity index (χ3v) is 4.51. The number of rotatable bonds is 2. The maximum atomic E-state index is 12.6. The van der Waals surface area contributed by atoms with Crippen molar-refractivity contribution >= 4 is 11.8 Å². The Morgan fingerprint density at radius 3 is 2.40 bits per heavy atom. The van der Waals surface area contributed by atoms with Crippen LogP contribution in [-0.4, -0.2) is 28.3 Å². The molecular formula is C15H19N3O2. The molecule has 1 saturated carbocycles. The van der Waals surface area contributed by atoms with Crippen molar-refractivity contribution in [3.8, 4) is 0 Å². The number of hydrogen-bond donors (Lipinski definition) is 2. The minimum absolute atomic E-state index is 0.137. The molecule has 1 aliphatic carbocycles. The molecule has 0 saturated heterocycles. The van der Waals surface area contributed by atoms with Gasteiger partial charge in [0.25, 0.3) is 0 Å². The number of carbonyl (C=O) groups is 2. The number of amides is 2. The number of hydrogen-bond acceptors (Lipinski definition) is 3. The first-order valence-corrected chi connectivity index (χ1v) is 6.97. The maximum Gasteiger partial charge on any atom is 0.243 e. The molecule has 5 nitrogen and oxygen atoms in total. The number of primary amides is 1. The molecule has 1 aromatic rings. The summed E-state index contributed by atoms with van der Waals surface area (Å²) < 4.78 is 0. The Hall–Kier alpha value is -1.88. The van der Waals surface area contributed by atoms with Crippen LogP contribution in [0.1, 0.15) is 30.4 Å². The Balaban J connectivity index is 1.92. The molecule has 1 heterocycles. The molecule has 2 amide bonds. The maximum absolute atomic E-state index is 12.6. The highest BCUT2D eigenvalue weighted by atomic mass is 16.2. The minimum Gasteiger partial charge on any atom is -0.368 e. The van der Waals surface area contributed by atoms with Crippen LogP contribution in [-0.2, 0) is 22.6 Å². The van der Waals surface area contributed by atoms with E-state index in [4.69, 9.17) is 11.5 Å². The van der Waals surface area contributed by atoms with Crippen LogP contribution < -0.4 is 11.5 Å². The van der Waals surface area contributed by atoms with Crippen molar-refractivity contribution < 1.29 is 9.59 Å². The normalized spacial score (nSPS) is 23.6. The lowest BCUT2D eigenvalue weighted by Gasteiger charge is -2.44. The molecule has 1 atom stereocenters. The first kappa shape index (κ1) is 13.1. The summed E-state index contributed by atoms with van der Waals surface area (Å²) in [4.78, 5) is 25.9. The third kappa shape index (κ3) is 1.98. The first-order chi connectivity index (χ1) is 9.51. The van der Waals surface area contributed by atoms with Gasteiger partial charge in [-0.15, -0.1) is 0 Å². The smallest absolute Gasteiger partial charge is 0.243 e. The lowest BCUT2D eigenvalue weighted by molar-refractivity contribution is -0.147. The Morgan fingerprint density at radius 1 is 1.20 bits per heavy atom. The molecule has 106 valence electrons. The van der Waals surface area contributed by atoms with E-state index in [9.17, 15) is 9.59 Å². The van der Waals surface area contributed by atoms with E-state index in [0.29, 0.717) is 25.8 Å². The van der Waals surface area contributed by atoms with Crippen LogP contribution >= 0.6 is 0 Å². The Labute approximate surface area is 117 Å². The fourth-order valence-electron chi connectivity index (χ4n) is 3.05. The molecule has 2 aliphatic rings. The van der Waals surface area contributed by atoms with Crippen LogP contribution in [0.4, 0.5) is 0 Å². The van der Waals surface area contributed by atoms with E-state index in [2.05, 4.69) is 0 Å². The number of nitrogens with zero attached hydrogens (tertiary/aromatic N) is 1. The summed E-state index contributed by atoms with van der Waals surface area (Å²) in [6.45, 7) is 0.418. The topological polar surface area (TPSA) is 89.4 Å². The second kappa shape index (κ2) is 4.59. The van der Waals surface area contributed by atoms with Crippen molar-refractivity contribution in [2.24, 2.45) is 11.5 Å². The zero-order chi connectivity index (χ0) is 14.3. The summed E-state index contributed by atoms with van der Waals surface area (Å²) in [5, 5.41) is 0. The van der Waals surface area contributed by atoms with Crippen molar-refractivity contribution in [1.82, 2.24) is 4.90 Å². The van der Waals surface area contributed by atoms with E-state index >= 15 is 0 Å². The average molecular weight is 273 g/mol. The number of fused-ring (bicyclic) bond motifs is 1. The molecule has 4 N–H and O–H groups in total. The van der Waals surface area contributed by atoms with E-state index < -0.39 is 17.5 Å². The van der Waals surface area contributed by atoms with Crippen molar-refractivity contribution in [2.45, 2.75) is 43.8 Å². The summed E-state index contributed by atoms with van der Waals surface area (Å²) >= 11 is 0. The lowest BCUT2D eigenvalue weighted by atomic mass is 9.76. The molecule has 1 aliphatic heterocycles. The van der Waals surface area contributed by atoms with Crippen LogP contribution in [0.25, 0.3) is 0 Å². The SMILES string of the molecule is NC(=O)[C@@H]1Cc2ccccc2CN1C(=O)C1(N)CCC1. The van der Waals surface area contributed by atoms with Gasteiger partial charge in [-0.05, 0) is 30.4 Å². The van der Waals surface area contributed by atoms with Gasteiger partial charge in [-0.1, -0.05) is 24.3 Å². The molecule has 5 heteroatoms. The fraction of sp³-hybridized carbons (Fsp3) is 0.467. The summed E-state index contributed by atoms with van der Waals surface area (Å²) in [6, 6.07) is 7.25. The molecule has 0 bridgehead atoms. The van der Waals surface area contributed by atoms with Crippen LogP contribution in [0.5, 0.6) is 0 Å².